The maximum atomic E-state index is 13.1. The van der Waals surface area contributed by atoms with Gasteiger partial charge in [-0.1, -0.05) is 62.4 Å². The van der Waals surface area contributed by atoms with Crippen LogP contribution in [0.5, 0.6) is 0 Å². The van der Waals surface area contributed by atoms with Crippen molar-refractivity contribution >= 4 is 16.7 Å². The molecule has 8 nitrogen and oxygen atoms in total. The van der Waals surface area contributed by atoms with Crippen LogP contribution in [0.15, 0.2) is 90.0 Å². The normalized spacial score (nSPS) is 14.2. The molecule has 7 rings (SSSR count). The van der Waals surface area contributed by atoms with Crippen LogP contribution in [0, 0.1) is 0 Å². The summed E-state index contributed by atoms with van der Waals surface area (Å²) in [7, 11) is 0. The molecule has 0 saturated heterocycles. The van der Waals surface area contributed by atoms with Crippen LogP contribution in [0.2, 0.25) is 0 Å². The number of nitrogens with two attached hydrogens (primary N) is 1. The minimum atomic E-state index is -0.577. The Morgan fingerprint density at radius 3 is 2.41 bits per heavy atom. The predicted molar refractivity (Wildman–Crippen MR) is 175 cm³/mol. The predicted octanol–water partition coefficient (Wildman–Crippen LogP) is 5.78. The zero-order valence-corrected chi connectivity index (χ0v) is 25.5. The molecule has 0 unspecified atom stereocenters. The number of aromatic amines is 1. The molecule has 0 radical (unpaired) electrons. The van der Waals surface area contributed by atoms with E-state index in [0.29, 0.717) is 23.0 Å². The third kappa shape index (κ3) is 6.76. The molecule has 2 aliphatic carbocycles. The number of H-pyrrole nitrogens is 1. The van der Waals surface area contributed by atoms with E-state index < -0.39 is 5.41 Å². The molecule has 1 amide bonds. The minimum absolute atomic E-state index is 0.0297. The maximum Gasteiger partial charge on any atom is 0.272 e. The number of aromatic nitrogens is 4. The highest BCUT2D eigenvalue weighted by molar-refractivity contribution is 5.93. The molecule has 1 saturated carbocycles. The number of aryl methyl sites for hydroxylation is 2. The smallest absolute Gasteiger partial charge is 0.272 e. The van der Waals surface area contributed by atoms with Crippen LogP contribution in [-0.4, -0.2) is 26.1 Å². The lowest BCUT2D eigenvalue weighted by Gasteiger charge is -2.17. The third-order valence-corrected chi connectivity index (χ3v) is 8.25. The van der Waals surface area contributed by atoms with Crippen molar-refractivity contribution in [2.45, 2.75) is 70.9 Å². The maximum absolute atomic E-state index is 13.1. The van der Waals surface area contributed by atoms with Gasteiger partial charge in [0.2, 0.25) is 5.91 Å². The standard InChI is InChI=1S/C25H23N5O2.C9H11N.C2H6/c26-13-22-21-12-18(7-9-20(21)23(31)30-29-22)25(10-11-25)24(32)28-15-19-8-6-17(14-27-19)16-4-2-1-3-5-16;1-2-6-9-8(4-1)5-3-7-10-9;1-2/h1-9,12,14H,10-11,13,15,26H2,(H,28,32)(H,30,31);3,5,7H,1-2,4,6H2;1-2H3. The number of pyridine rings is 2. The molecule has 0 bridgehead atoms. The quantitative estimate of drug-likeness (QED) is 0.231. The van der Waals surface area contributed by atoms with Crippen molar-refractivity contribution in [3.8, 4) is 11.1 Å². The van der Waals surface area contributed by atoms with Crippen LogP contribution in [0.25, 0.3) is 21.9 Å². The summed E-state index contributed by atoms with van der Waals surface area (Å²) in [5, 5.41) is 10.8. The van der Waals surface area contributed by atoms with Crippen molar-refractivity contribution in [1.82, 2.24) is 25.5 Å². The lowest BCUT2D eigenvalue weighted by Crippen LogP contribution is -2.34. The zero-order chi connectivity index (χ0) is 30.9. The first-order valence-corrected chi connectivity index (χ1v) is 15.5. The van der Waals surface area contributed by atoms with E-state index in [4.69, 9.17) is 5.73 Å². The summed E-state index contributed by atoms with van der Waals surface area (Å²) in [5.74, 6) is -0.0297. The Balaban J connectivity index is 0.000000268. The van der Waals surface area contributed by atoms with Gasteiger partial charge in [0.25, 0.3) is 5.56 Å². The fourth-order valence-corrected chi connectivity index (χ4v) is 5.65. The first kappa shape index (κ1) is 30.8. The molecule has 226 valence electrons. The van der Waals surface area contributed by atoms with E-state index in [2.05, 4.69) is 31.5 Å². The highest BCUT2D eigenvalue weighted by atomic mass is 16.2. The fourth-order valence-electron chi connectivity index (χ4n) is 5.65. The van der Waals surface area contributed by atoms with Crippen molar-refractivity contribution in [1.29, 1.82) is 0 Å². The molecule has 44 heavy (non-hydrogen) atoms. The van der Waals surface area contributed by atoms with Crippen molar-refractivity contribution in [3.05, 3.63) is 124 Å². The highest BCUT2D eigenvalue weighted by Gasteiger charge is 2.51. The Kier molecular flexibility index (Phi) is 9.92. The van der Waals surface area contributed by atoms with E-state index in [-0.39, 0.29) is 18.0 Å². The van der Waals surface area contributed by atoms with Crippen molar-refractivity contribution in [2.75, 3.05) is 0 Å². The molecule has 8 heteroatoms. The third-order valence-electron chi connectivity index (χ3n) is 8.25. The second-order valence-electron chi connectivity index (χ2n) is 10.9. The topological polar surface area (TPSA) is 127 Å². The van der Waals surface area contributed by atoms with Gasteiger partial charge in [-0.3, -0.25) is 19.6 Å². The van der Waals surface area contributed by atoms with Crippen molar-refractivity contribution in [2.24, 2.45) is 5.73 Å². The van der Waals surface area contributed by atoms with Crippen LogP contribution >= 0.6 is 0 Å². The summed E-state index contributed by atoms with van der Waals surface area (Å²) < 4.78 is 0. The minimum Gasteiger partial charge on any atom is -0.350 e. The molecule has 5 aromatic rings. The van der Waals surface area contributed by atoms with Gasteiger partial charge < -0.3 is 11.1 Å². The van der Waals surface area contributed by atoms with Crippen LogP contribution in [0.3, 0.4) is 0 Å². The van der Waals surface area contributed by atoms with E-state index in [9.17, 15) is 9.59 Å². The molecule has 0 atom stereocenters. The first-order valence-electron chi connectivity index (χ1n) is 15.5. The number of benzene rings is 2. The van der Waals surface area contributed by atoms with E-state index in [1.165, 1.54) is 36.9 Å². The number of nitrogens with zero attached hydrogens (tertiary/aromatic N) is 3. The van der Waals surface area contributed by atoms with Gasteiger partial charge in [0.1, 0.15) is 0 Å². The van der Waals surface area contributed by atoms with Crippen molar-refractivity contribution in [3.63, 3.8) is 0 Å². The Labute approximate surface area is 258 Å². The van der Waals surface area contributed by atoms with Gasteiger partial charge in [0.15, 0.2) is 0 Å². The number of fused-ring (bicyclic) bond motifs is 2. The molecule has 2 aromatic carbocycles. The largest absolute Gasteiger partial charge is 0.350 e. The summed E-state index contributed by atoms with van der Waals surface area (Å²) in [6.45, 7) is 4.57. The molecular weight excluding hydrogens is 548 g/mol. The number of hydrogen-bond donors (Lipinski definition) is 3. The van der Waals surface area contributed by atoms with Crippen LogP contribution in [0.1, 0.15) is 67.7 Å². The molecule has 0 spiro atoms. The fraction of sp³-hybridized carbons (Fsp3) is 0.306. The van der Waals surface area contributed by atoms with Crippen LogP contribution < -0.4 is 16.6 Å². The molecule has 1 fully saturated rings. The van der Waals surface area contributed by atoms with Gasteiger partial charge in [0, 0.05) is 35.6 Å². The van der Waals surface area contributed by atoms with Gasteiger partial charge in [-0.15, -0.1) is 0 Å². The Hall–Kier alpha value is -4.69. The van der Waals surface area contributed by atoms with Gasteiger partial charge in [-0.05, 0) is 79.5 Å². The van der Waals surface area contributed by atoms with E-state index in [1.54, 1.807) is 6.07 Å². The van der Waals surface area contributed by atoms with Gasteiger partial charge in [0.05, 0.1) is 28.7 Å². The average Bonchev–Trinajstić information content (AvgIpc) is 3.92. The van der Waals surface area contributed by atoms with Gasteiger partial charge in [-0.25, -0.2) is 5.10 Å². The number of carbonyl (C=O) groups is 1. The summed E-state index contributed by atoms with van der Waals surface area (Å²) >= 11 is 0. The number of hydrogen-bond acceptors (Lipinski definition) is 6. The molecule has 2 aliphatic rings. The van der Waals surface area contributed by atoms with Crippen LogP contribution in [-0.2, 0) is 36.1 Å². The molecule has 0 aliphatic heterocycles. The highest BCUT2D eigenvalue weighted by Crippen LogP contribution is 2.49. The first-order chi connectivity index (χ1) is 21.6. The Morgan fingerprint density at radius 2 is 1.70 bits per heavy atom. The Morgan fingerprint density at radius 1 is 0.909 bits per heavy atom. The number of carbonyl (C=O) groups excluding carboxylic acids is 1. The van der Waals surface area contributed by atoms with Gasteiger partial charge >= 0.3 is 0 Å². The second-order valence-corrected chi connectivity index (χ2v) is 10.9. The van der Waals surface area contributed by atoms with E-state index >= 15 is 0 Å². The van der Waals surface area contributed by atoms with E-state index in [1.807, 2.05) is 86.9 Å². The van der Waals surface area contributed by atoms with Crippen LogP contribution in [0.4, 0.5) is 0 Å². The summed E-state index contributed by atoms with van der Waals surface area (Å²) in [5.41, 5.74) is 12.2. The summed E-state index contributed by atoms with van der Waals surface area (Å²) in [6, 6.07) is 23.7. The molecular formula is C36H40N6O2. The molecule has 4 N–H and O–H groups in total. The Bertz CT molecular complexity index is 1740. The monoisotopic (exact) mass is 588 g/mol. The zero-order valence-electron chi connectivity index (χ0n) is 25.5. The van der Waals surface area contributed by atoms with Crippen molar-refractivity contribution < 1.29 is 4.79 Å². The number of nitrogens with one attached hydrogen (secondary N) is 2. The summed E-state index contributed by atoms with van der Waals surface area (Å²) in [4.78, 5) is 34.0. The average molecular weight is 589 g/mol. The summed E-state index contributed by atoms with van der Waals surface area (Å²) in [6.07, 6.45) is 10.3. The number of rotatable bonds is 6. The molecule has 3 heterocycles. The van der Waals surface area contributed by atoms with E-state index in [0.717, 1.165) is 35.2 Å². The second kappa shape index (κ2) is 14.2. The lowest BCUT2D eigenvalue weighted by atomic mass is 9.92. The SMILES string of the molecule is CC.NCc1n[nH]c(=O)c2ccc(C3(C(=O)NCc4ccc(-c5ccccc5)cn4)CC3)cc12.c1cnc2c(c1)CCCC2. The lowest BCUT2D eigenvalue weighted by molar-refractivity contribution is -0.123. The van der Waals surface area contributed by atoms with Gasteiger partial charge in [-0.2, -0.15) is 5.10 Å². The number of amides is 1. The molecule has 3 aromatic heterocycles.